The van der Waals surface area contributed by atoms with E-state index in [2.05, 4.69) is 6.08 Å². The number of carboxylic acid groups (broad SMARTS) is 1. The van der Waals surface area contributed by atoms with E-state index < -0.39 is 12.1 Å². The lowest BCUT2D eigenvalue weighted by molar-refractivity contribution is -0.336. The Bertz CT molecular complexity index is 728. The van der Waals surface area contributed by atoms with Gasteiger partial charge >= 0.3 is 5.97 Å². The molecule has 1 saturated carbocycles. The molecule has 1 aromatic rings. The number of carbonyl (C=O) groups is 1. The minimum absolute atomic E-state index is 0.0200. The monoisotopic (exact) mass is 402 g/mol. The molecule has 1 aliphatic heterocycles. The van der Waals surface area contributed by atoms with Crippen molar-refractivity contribution in [2.45, 2.75) is 57.3 Å². The van der Waals surface area contributed by atoms with Crippen molar-refractivity contribution in [1.82, 2.24) is 0 Å². The molecule has 2 bridgehead atoms. The fraction of sp³-hybridized carbons (Fsp3) is 0.522. The number of hydrogen-bond acceptors (Lipinski definition) is 5. The normalized spacial score (nSPS) is 27.1. The van der Waals surface area contributed by atoms with Crippen LogP contribution >= 0.6 is 0 Å². The van der Waals surface area contributed by atoms with Gasteiger partial charge in [0, 0.05) is 24.7 Å². The van der Waals surface area contributed by atoms with E-state index >= 15 is 0 Å². The van der Waals surface area contributed by atoms with E-state index in [-0.39, 0.29) is 31.2 Å². The molecule has 6 nitrogen and oxygen atoms in total. The Morgan fingerprint density at radius 3 is 2.93 bits per heavy atom. The van der Waals surface area contributed by atoms with Crippen molar-refractivity contribution in [2.75, 3.05) is 6.61 Å². The third kappa shape index (κ3) is 6.42. The van der Waals surface area contributed by atoms with Gasteiger partial charge in [-0.3, -0.25) is 4.79 Å². The SMILES string of the molecule is Cc1cccc(OC[C@H](O)/C=C/[C@@H]2[C@@H](C/C=C\CCCC(=O)O)[C@H]3C[C@@H]2OO3)c1. The lowest BCUT2D eigenvalue weighted by Gasteiger charge is -2.27. The number of allylic oxidation sites excluding steroid dienone is 2. The molecule has 6 heteroatoms. The van der Waals surface area contributed by atoms with Crippen LogP contribution in [-0.2, 0) is 14.6 Å². The highest BCUT2D eigenvalue weighted by atomic mass is 17.2. The van der Waals surface area contributed by atoms with Crippen LogP contribution in [0.4, 0.5) is 0 Å². The number of aliphatic hydroxyl groups excluding tert-OH is 1. The van der Waals surface area contributed by atoms with Gasteiger partial charge in [-0.25, -0.2) is 9.78 Å². The second kappa shape index (κ2) is 10.6. The smallest absolute Gasteiger partial charge is 0.303 e. The summed E-state index contributed by atoms with van der Waals surface area (Å²) < 4.78 is 5.66. The molecular formula is C23H30O6. The third-order valence-corrected chi connectivity index (χ3v) is 5.47. The summed E-state index contributed by atoms with van der Waals surface area (Å²) in [7, 11) is 0. The number of unbranched alkanes of at least 4 members (excludes halogenated alkanes) is 1. The molecule has 1 aromatic carbocycles. The van der Waals surface area contributed by atoms with Crippen molar-refractivity contribution in [3.63, 3.8) is 0 Å². The van der Waals surface area contributed by atoms with E-state index in [1.165, 1.54) is 0 Å². The highest BCUT2D eigenvalue weighted by molar-refractivity contribution is 5.66. The van der Waals surface area contributed by atoms with E-state index in [0.717, 1.165) is 30.6 Å². The molecular weight excluding hydrogens is 372 g/mol. The van der Waals surface area contributed by atoms with Gasteiger partial charge in [-0.2, -0.15) is 0 Å². The Kier molecular flexibility index (Phi) is 7.86. The van der Waals surface area contributed by atoms with Crippen LogP contribution in [0, 0.1) is 18.8 Å². The fourth-order valence-electron chi connectivity index (χ4n) is 3.96. The Morgan fingerprint density at radius 2 is 2.14 bits per heavy atom. The topological polar surface area (TPSA) is 85.2 Å². The van der Waals surface area contributed by atoms with Gasteiger partial charge in [0.15, 0.2) is 0 Å². The number of ether oxygens (including phenoxy) is 1. The first-order chi connectivity index (χ1) is 14.0. The van der Waals surface area contributed by atoms with Crippen LogP contribution < -0.4 is 4.74 Å². The lowest BCUT2D eigenvalue weighted by atomic mass is 9.89. The first kappa shape index (κ1) is 21.6. The number of carboxylic acids is 1. The lowest BCUT2D eigenvalue weighted by Crippen LogP contribution is -2.29. The Hall–Kier alpha value is -2.15. The fourth-order valence-corrected chi connectivity index (χ4v) is 3.96. The summed E-state index contributed by atoms with van der Waals surface area (Å²) in [4.78, 5) is 21.3. The molecule has 1 aliphatic carbocycles. The first-order valence-corrected chi connectivity index (χ1v) is 10.3. The Morgan fingerprint density at radius 1 is 1.31 bits per heavy atom. The first-order valence-electron chi connectivity index (χ1n) is 10.3. The maximum absolute atomic E-state index is 10.5. The summed E-state index contributed by atoms with van der Waals surface area (Å²) in [5.41, 5.74) is 1.12. The van der Waals surface area contributed by atoms with Crippen LogP contribution in [0.3, 0.4) is 0 Å². The van der Waals surface area contributed by atoms with E-state index in [1.54, 1.807) is 6.08 Å². The Balaban J connectivity index is 1.47. The number of benzene rings is 1. The largest absolute Gasteiger partial charge is 0.491 e. The standard InChI is InChI=1S/C23H30O6/c1-16-7-6-8-18(13-16)27-15-17(24)11-12-20-19(21-14-22(20)29-28-21)9-4-2-3-5-10-23(25)26/h2,4,6-8,11-13,17,19-22,24H,3,5,9-10,14-15H2,1H3,(H,25,26)/b4-2-,12-11+/t17-,19-,20-,21-,22+/m1/s1. The summed E-state index contributed by atoms with van der Waals surface area (Å²) in [6.45, 7) is 2.20. The van der Waals surface area contributed by atoms with Gasteiger partial charge in [0.2, 0.25) is 0 Å². The van der Waals surface area contributed by atoms with E-state index in [4.69, 9.17) is 19.6 Å². The quantitative estimate of drug-likeness (QED) is 0.332. The van der Waals surface area contributed by atoms with Crippen molar-refractivity contribution >= 4 is 5.97 Å². The molecule has 29 heavy (non-hydrogen) atoms. The summed E-state index contributed by atoms with van der Waals surface area (Å²) in [6, 6.07) is 7.75. The molecule has 1 saturated heterocycles. The molecule has 0 aromatic heterocycles. The van der Waals surface area contributed by atoms with Gasteiger partial charge in [-0.15, -0.1) is 0 Å². The second-order valence-electron chi connectivity index (χ2n) is 7.82. The van der Waals surface area contributed by atoms with E-state index in [0.29, 0.717) is 12.3 Å². The summed E-state index contributed by atoms with van der Waals surface area (Å²) in [5.74, 6) is 0.476. The number of rotatable bonds is 11. The predicted octanol–water partition coefficient (Wildman–Crippen LogP) is 3.83. The van der Waals surface area contributed by atoms with Crippen LogP contribution in [0.5, 0.6) is 5.75 Å². The van der Waals surface area contributed by atoms with Gasteiger partial charge in [-0.1, -0.05) is 36.4 Å². The second-order valence-corrected chi connectivity index (χ2v) is 7.82. The predicted molar refractivity (Wildman–Crippen MR) is 108 cm³/mol. The highest BCUT2D eigenvalue weighted by Crippen LogP contribution is 2.44. The van der Waals surface area contributed by atoms with E-state index in [1.807, 2.05) is 43.3 Å². The minimum atomic E-state index is -0.757. The highest BCUT2D eigenvalue weighted by Gasteiger charge is 2.49. The zero-order chi connectivity index (χ0) is 20.6. The number of aliphatic hydroxyl groups is 1. The number of hydrogen-bond donors (Lipinski definition) is 2. The maximum atomic E-state index is 10.5. The molecule has 5 atom stereocenters. The third-order valence-electron chi connectivity index (χ3n) is 5.47. The van der Waals surface area contributed by atoms with Crippen molar-refractivity contribution in [1.29, 1.82) is 0 Å². The van der Waals surface area contributed by atoms with Crippen LogP contribution in [0.2, 0.25) is 0 Å². The average Bonchev–Trinajstić information content (AvgIpc) is 3.29. The molecule has 2 N–H and O–H groups in total. The van der Waals surface area contributed by atoms with Crippen LogP contribution in [-0.4, -0.2) is 41.1 Å². The molecule has 0 radical (unpaired) electrons. The van der Waals surface area contributed by atoms with Crippen LogP contribution in [0.15, 0.2) is 48.6 Å². The van der Waals surface area contributed by atoms with Gasteiger partial charge < -0.3 is 14.9 Å². The summed E-state index contributed by atoms with van der Waals surface area (Å²) in [6.07, 6.45) is 10.7. The number of fused-ring (bicyclic) bond motifs is 2. The van der Waals surface area contributed by atoms with Crippen molar-refractivity contribution in [2.24, 2.45) is 11.8 Å². The molecule has 2 fully saturated rings. The van der Waals surface area contributed by atoms with Crippen molar-refractivity contribution in [3.05, 3.63) is 54.1 Å². The molecule has 2 aliphatic rings. The van der Waals surface area contributed by atoms with Crippen LogP contribution in [0.1, 0.15) is 37.7 Å². The molecule has 158 valence electrons. The number of aryl methyl sites for hydroxylation is 1. The molecule has 0 amide bonds. The Labute approximate surface area is 171 Å². The molecule has 0 spiro atoms. The van der Waals surface area contributed by atoms with Gasteiger partial charge in [0.05, 0.1) is 6.10 Å². The summed E-state index contributed by atoms with van der Waals surface area (Å²) in [5, 5.41) is 18.9. The molecule has 1 heterocycles. The van der Waals surface area contributed by atoms with Crippen molar-refractivity contribution < 1.29 is 29.5 Å². The summed E-state index contributed by atoms with van der Waals surface area (Å²) >= 11 is 0. The zero-order valence-corrected chi connectivity index (χ0v) is 16.8. The minimum Gasteiger partial charge on any atom is -0.491 e. The van der Waals surface area contributed by atoms with Gasteiger partial charge in [-0.05, 0) is 43.9 Å². The van der Waals surface area contributed by atoms with E-state index in [9.17, 15) is 9.90 Å². The van der Waals surface area contributed by atoms with Crippen molar-refractivity contribution in [3.8, 4) is 5.75 Å². The maximum Gasteiger partial charge on any atom is 0.303 e. The van der Waals surface area contributed by atoms with Gasteiger partial charge in [0.1, 0.15) is 24.6 Å². The zero-order valence-electron chi connectivity index (χ0n) is 16.8. The number of aliphatic carboxylic acids is 1. The molecule has 3 rings (SSSR count). The van der Waals surface area contributed by atoms with Gasteiger partial charge in [0.25, 0.3) is 0 Å². The molecule has 0 unspecified atom stereocenters. The van der Waals surface area contributed by atoms with Crippen LogP contribution in [0.25, 0.3) is 0 Å². The average molecular weight is 402 g/mol.